The van der Waals surface area contributed by atoms with E-state index in [0.717, 1.165) is 12.8 Å². The third-order valence-electron chi connectivity index (χ3n) is 3.44. The molecule has 0 aliphatic carbocycles. The van der Waals surface area contributed by atoms with Crippen LogP contribution < -0.4 is 9.47 Å². The van der Waals surface area contributed by atoms with E-state index >= 15 is 0 Å². The zero-order chi connectivity index (χ0) is 16.9. The van der Waals surface area contributed by atoms with Gasteiger partial charge in [0.2, 0.25) is 0 Å². The quantitative estimate of drug-likeness (QED) is 0.470. The van der Waals surface area contributed by atoms with Gasteiger partial charge in [0.1, 0.15) is 0 Å². The maximum atomic E-state index is 11.9. The molecule has 1 N–H and O–H groups in total. The van der Waals surface area contributed by atoms with Gasteiger partial charge in [0.15, 0.2) is 11.5 Å². The fraction of sp³-hybridized carbons (Fsp3) is 0.611. The molecule has 0 heterocycles. The zero-order valence-electron chi connectivity index (χ0n) is 14.2. The lowest BCUT2D eigenvalue weighted by Crippen LogP contribution is -2.08. The summed E-state index contributed by atoms with van der Waals surface area (Å²) in [6.45, 7) is 3.22. The molecule has 0 bridgehead atoms. The van der Waals surface area contributed by atoms with Crippen molar-refractivity contribution in [3.63, 3.8) is 0 Å². The molecule has 0 amide bonds. The lowest BCUT2D eigenvalue weighted by molar-refractivity contribution is 0.0492. The number of carbonyl (C=O) groups is 1. The molecule has 1 aromatic carbocycles. The highest BCUT2D eigenvalue weighted by atomic mass is 16.5. The number of carbonyl (C=O) groups excluding carboxylic acids is 1. The van der Waals surface area contributed by atoms with Gasteiger partial charge in [-0.25, -0.2) is 4.79 Å². The van der Waals surface area contributed by atoms with E-state index in [9.17, 15) is 4.79 Å². The number of ether oxygens (including phenoxy) is 3. The summed E-state index contributed by atoms with van der Waals surface area (Å²) in [7, 11) is 1.55. The summed E-state index contributed by atoms with van der Waals surface area (Å²) in [6, 6.07) is 5.05. The monoisotopic (exact) mass is 324 g/mol. The third-order valence-corrected chi connectivity index (χ3v) is 3.44. The first-order valence-electron chi connectivity index (χ1n) is 8.31. The molecule has 0 spiro atoms. The van der Waals surface area contributed by atoms with Crippen molar-refractivity contribution in [3.05, 3.63) is 23.8 Å². The smallest absolute Gasteiger partial charge is 0.338 e. The maximum Gasteiger partial charge on any atom is 0.338 e. The number of aliphatic hydroxyl groups is 1. The average molecular weight is 324 g/mol. The first kappa shape index (κ1) is 19.3. The zero-order valence-corrected chi connectivity index (χ0v) is 14.2. The van der Waals surface area contributed by atoms with Crippen LogP contribution in [-0.2, 0) is 4.74 Å². The van der Waals surface area contributed by atoms with Crippen molar-refractivity contribution in [2.24, 2.45) is 0 Å². The molecule has 0 unspecified atom stereocenters. The second-order valence-electron chi connectivity index (χ2n) is 5.34. The molecule has 1 rings (SSSR count). The van der Waals surface area contributed by atoms with Crippen LogP contribution in [0.25, 0.3) is 0 Å². The molecule has 130 valence electrons. The van der Waals surface area contributed by atoms with E-state index in [4.69, 9.17) is 19.3 Å². The van der Waals surface area contributed by atoms with Crippen molar-refractivity contribution in [1.29, 1.82) is 0 Å². The normalized spacial score (nSPS) is 10.4. The summed E-state index contributed by atoms with van der Waals surface area (Å²) in [5.74, 6) is 0.780. The summed E-state index contributed by atoms with van der Waals surface area (Å²) in [6.07, 6.45) is 5.84. The van der Waals surface area contributed by atoms with Gasteiger partial charge in [-0.1, -0.05) is 26.2 Å². The Hall–Kier alpha value is -1.75. The Bertz CT molecular complexity index is 459. The first-order valence-corrected chi connectivity index (χ1v) is 8.31. The van der Waals surface area contributed by atoms with Crippen LogP contribution >= 0.6 is 0 Å². The Morgan fingerprint density at radius 2 is 1.83 bits per heavy atom. The van der Waals surface area contributed by atoms with E-state index in [-0.39, 0.29) is 6.61 Å². The van der Waals surface area contributed by atoms with E-state index in [1.165, 1.54) is 12.8 Å². The Balaban J connectivity index is 2.52. The van der Waals surface area contributed by atoms with Crippen LogP contribution in [0, 0.1) is 0 Å². The molecular weight excluding hydrogens is 296 g/mol. The van der Waals surface area contributed by atoms with Gasteiger partial charge in [-0.3, -0.25) is 0 Å². The fourth-order valence-electron chi connectivity index (χ4n) is 2.09. The highest BCUT2D eigenvalue weighted by Gasteiger charge is 2.12. The van der Waals surface area contributed by atoms with Crippen LogP contribution in [0.1, 0.15) is 55.8 Å². The van der Waals surface area contributed by atoms with Crippen LogP contribution in [0.3, 0.4) is 0 Å². The number of hydrogen-bond donors (Lipinski definition) is 1. The van der Waals surface area contributed by atoms with Crippen molar-refractivity contribution in [2.75, 3.05) is 26.9 Å². The molecule has 0 radical (unpaired) electrons. The van der Waals surface area contributed by atoms with Gasteiger partial charge in [-0.15, -0.1) is 0 Å². The second-order valence-corrected chi connectivity index (χ2v) is 5.34. The standard InChI is InChI=1S/C18H28O5/c1-3-4-5-7-12-22-16-10-9-15(14-17(16)21-2)18(20)23-13-8-6-11-19/h9-10,14,19H,3-8,11-13H2,1-2H3. The second kappa shape index (κ2) is 11.8. The Labute approximate surface area is 138 Å². The van der Waals surface area contributed by atoms with E-state index in [1.807, 2.05) is 0 Å². The Kier molecular flexibility index (Phi) is 9.87. The molecule has 5 nitrogen and oxygen atoms in total. The average Bonchev–Trinajstić information content (AvgIpc) is 2.58. The minimum absolute atomic E-state index is 0.107. The maximum absolute atomic E-state index is 11.9. The van der Waals surface area contributed by atoms with Crippen molar-refractivity contribution in [1.82, 2.24) is 0 Å². The molecule has 0 aliphatic rings. The minimum atomic E-state index is -0.393. The first-order chi connectivity index (χ1) is 11.2. The van der Waals surface area contributed by atoms with Crippen LogP contribution in [0.5, 0.6) is 11.5 Å². The van der Waals surface area contributed by atoms with Crippen LogP contribution in [-0.4, -0.2) is 38.0 Å². The molecule has 5 heteroatoms. The summed E-state index contributed by atoms with van der Waals surface area (Å²) >= 11 is 0. The molecule has 0 saturated carbocycles. The molecule has 0 atom stereocenters. The number of benzene rings is 1. The Morgan fingerprint density at radius 1 is 1.04 bits per heavy atom. The van der Waals surface area contributed by atoms with Crippen LogP contribution in [0.15, 0.2) is 18.2 Å². The number of esters is 1. The van der Waals surface area contributed by atoms with Crippen molar-refractivity contribution in [2.45, 2.75) is 45.4 Å². The molecule has 0 fully saturated rings. The van der Waals surface area contributed by atoms with Crippen molar-refractivity contribution < 1.29 is 24.1 Å². The number of aliphatic hydroxyl groups excluding tert-OH is 1. The van der Waals surface area contributed by atoms with Gasteiger partial charge in [0.25, 0.3) is 0 Å². The topological polar surface area (TPSA) is 65.0 Å². The summed E-state index contributed by atoms with van der Waals surface area (Å²) in [5.41, 5.74) is 0.434. The lowest BCUT2D eigenvalue weighted by atomic mass is 10.2. The predicted octanol–water partition coefficient (Wildman–Crippen LogP) is 3.58. The van der Waals surface area contributed by atoms with E-state index in [1.54, 1.807) is 25.3 Å². The molecule has 0 saturated heterocycles. The number of unbranched alkanes of at least 4 members (excludes halogenated alkanes) is 4. The fourth-order valence-corrected chi connectivity index (χ4v) is 2.09. The van der Waals surface area contributed by atoms with Gasteiger partial charge in [0, 0.05) is 6.61 Å². The van der Waals surface area contributed by atoms with Gasteiger partial charge >= 0.3 is 5.97 Å². The van der Waals surface area contributed by atoms with E-state index in [2.05, 4.69) is 6.92 Å². The number of rotatable bonds is 12. The predicted molar refractivity (Wildman–Crippen MR) is 89.2 cm³/mol. The van der Waals surface area contributed by atoms with E-state index < -0.39 is 5.97 Å². The van der Waals surface area contributed by atoms with Gasteiger partial charge in [-0.05, 0) is 37.5 Å². The highest BCUT2D eigenvalue weighted by Crippen LogP contribution is 2.28. The summed E-state index contributed by atoms with van der Waals surface area (Å²) in [4.78, 5) is 11.9. The van der Waals surface area contributed by atoms with Crippen LogP contribution in [0.4, 0.5) is 0 Å². The summed E-state index contributed by atoms with van der Waals surface area (Å²) in [5, 5.41) is 8.70. The Morgan fingerprint density at radius 3 is 2.52 bits per heavy atom. The van der Waals surface area contributed by atoms with Gasteiger partial charge in [-0.2, -0.15) is 0 Å². The lowest BCUT2D eigenvalue weighted by Gasteiger charge is -2.12. The summed E-state index contributed by atoms with van der Waals surface area (Å²) < 4.78 is 16.2. The van der Waals surface area contributed by atoms with Gasteiger partial charge < -0.3 is 19.3 Å². The highest BCUT2D eigenvalue weighted by molar-refractivity contribution is 5.90. The molecule has 0 aliphatic heterocycles. The molecule has 1 aromatic rings. The van der Waals surface area contributed by atoms with Gasteiger partial charge in [0.05, 0.1) is 25.9 Å². The van der Waals surface area contributed by atoms with Crippen LogP contribution in [0.2, 0.25) is 0 Å². The van der Waals surface area contributed by atoms with Crippen molar-refractivity contribution in [3.8, 4) is 11.5 Å². The largest absolute Gasteiger partial charge is 0.493 e. The van der Waals surface area contributed by atoms with E-state index in [0.29, 0.717) is 43.1 Å². The minimum Gasteiger partial charge on any atom is -0.493 e. The molecular formula is C18H28O5. The molecule has 23 heavy (non-hydrogen) atoms. The van der Waals surface area contributed by atoms with Crippen molar-refractivity contribution >= 4 is 5.97 Å². The SMILES string of the molecule is CCCCCCOc1ccc(C(=O)OCCCCO)cc1OC. The third kappa shape index (κ3) is 7.37. The number of hydrogen-bond acceptors (Lipinski definition) is 5. The molecule has 0 aromatic heterocycles. The number of methoxy groups -OCH3 is 1.